The van der Waals surface area contributed by atoms with Crippen LogP contribution in [-0.4, -0.2) is 18.7 Å². The van der Waals surface area contributed by atoms with Crippen LogP contribution in [0.1, 0.15) is 6.92 Å². The third kappa shape index (κ3) is 3.09. The van der Waals surface area contributed by atoms with Gasteiger partial charge in [0, 0.05) is 0 Å². The van der Waals surface area contributed by atoms with E-state index in [0.29, 0.717) is 6.54 Å². The highest BCUT2D eigenvalue weighted by Crippen LogP contribution is 1.95. The summed E-state index contributed by atoms with van der Waals surface area (Å²) < 4.78 is 9.19. The summed E-state index contributed by atoms with van der Waals surface area (Å²) in [6.45, 7) is 2.50. The van der Waals surface area contributed by atoms with Crippen LogP contribution in [0, 0.1) is 0 Å². The number of carbonyl (C=O) groups excluding carboxylic acids is 1. The van der Waals surface area contributed by atoms with Crippen LogP contribution in [0.15, 0.2) is 29.1 Å². The highest BCUT2D eigenvalue weighted by atomic mass is 16.6. The number of ether oxygens (including phenoxy) is 1. The Morgan fingerprint density at radius 1 is 1.50 bits per heavy atom. The van der Waals surface area contributed by atoms with E-state index >= 15 is 0 Å². The number of alkyl carbamates (subject to hydrolysis) is 1. The van der Waals surface area contributed by atoms with Gasteiger partial charge in [-0.05, 0) is 19.1 Å². The van der Waals surface area contributed by atoms with Crippen molar-refractivity contribution in [3.63, 3.8) is 0 Å². The molecule has 1 atom stereocenters. The van der Waals surface area contributed by atoms with Gasteiger partial charge in [-0.1, -0.05) is 0 Å². The van der Waals surface area contributed by atoms with Gasteiger partial charge in [0.25, 0.3) is 0 Å². The van der Waals surface area contributed by atoms with Gasteiger partial charge in [0.1, 0.15) is 6.10 Å². The van der Waals surface area contributed by atoms with E-state index in [4.69, 9.17) is 0 Å². The largest absolute Gasteiger partial charge is 0.473 e. The fourth-order valence-electron chi connectivity index (χ4n) is 0.720. The minimum Gasteiger partial charge on any atom is -0.473 e. The summed E-state index contributed by atoms with van der Waals surface area (Å²) >= 11 is 0. The van der Waals surface area contributed by atoms with Crippen molar-refractivity contribution in [1.29, 1.82) is 0 Å². The molecule has 4 heteroatoms. The van der Waals surface area contributed by atoms with Crippen LogP contribution in [-0.2, 0) is 4.74 Å². The molecule has 0 aliphatic carbocycles. The Morgan fingerprint density at radius 2 is 2.17 bits per heavy atom. The van der Waals surface area contributed by atoms with Gasteiger partial charge in [0.2, 0.25) is 0 Å². The molecular weight excluding hydrogens is 158 g/mol. The maximum absolute atomic E-state index is 10.1. The molecule has 1 saturated heterocycles. The Balaban J connectivity index is 0.000000127. The van der Waals surface area contributed by atoms with E-state index in [1.807, 2.05) is 19.1 Å². The van der Waals surface area contributed by atoms with Gasteiger partial charge in [-0.2, -0.15) is 0 Å². The average Bonchev–Trinajstić information content (AvgIpc) is 2.63. The molecular formula is C8H11NO3. The molecule has 0 saturated carbocycles. The standard InChI is InChI=1S/C4H7NO2.C4H4O/c1-3-2-5-4(6)7-3;1-2-4-5-3-1/h3H,2H2,1H3,(H,5,6);1-4H/t3-;/m1./s1. The molecule has 0 aromatic carbocycles. The molecule has 0 spiro atoms. The van der Waals surface area contributed by atoms with Gasteiger partial charge >= 0.3 is 6.09 Å². The first-order valence-corrected chi connectivity index (χ1v) is 3.70. The first-order chi connectivity index (χ1) is 5.79. The van der Waals surface area contributed by atoms with Crippen LogP contribution < -0.4 is 5.32 Å². The van der Waals surface area contributed by atoms with Crippen molar-refractivity contribution in [2.24, 2.45) is 0 Å². The Bertz CT molecular complexity index is 203. The number of cyclic esters (lactones) is 1. The smallest absolute Gasteiger partial charge is 0.407 e. The molecule has 1 fully saturated rings. The fraction of sp³-hybridized carbons (Fsp3) is 0.375. The summed E-state index contributed by atoms with van der Waals surface area (Å²) in [5.74, 6) is 0. The van der Waals surface area contributed by atoms with Gasteiger partial charge in [0.05, 0.1) is 19.1 Å². The number of carbonyl (C=O) groups is 1. The molecule has 1 amide bonds. The molecule has 1 aliphatic heterocycles. The third-order valence-corrected chi connectivity index (χ3v) is 1.27. The van der Waals surface area contributed by atoms with Gasteiger partial charge in [-0.3, -0.25) is 0 Å². The second-order valence-corrected chi connectivity index (χ2v) is 2.39. The molecule has 1 aromatic heterocycles. The van der Waals surface area contributed by atoms with E-state index in [1.165, 1.54) is 0 Å². The lowest BCUT2D eigenvalue weighted by Crippen LogP contribution is -2.12. The zero-order valence-corrected chi connectivity index (χ0v) is 6.82. The summed E-state index contributed by atoms with van der Waals surface area (Å²) in [7, 11) is 0. The lowest BCUT2D eigenvalue weighted by atomic mass is 10.4. The summed E-state index contributed by atoms with van der Waals surface area (Å²) in [4.78, 5) is 10.1. The molecule has 2 heterocycles. The van der Waals surface area contributed by atoms with Crippen LogP contribution in [0.5, 0.6) is 0 Å². The highest BCUT2D eigenvalue weighted by Gasteiger charge is 2.16. The number of rotatable bonds is 0. The molecule has 2 rings (SSSR count). The van der Waals surface area contributed by atoms with Crippen molar-refractivity contribution in [3.8, 4) is 0 Å². The van der Waals surface area contributed by atoms with E-state index in [2.05, 4.69) is 14.5 Å². The van der Waals surface area contributed by atoms with Crippen molar-refractivity contribution < 1.29 is 13.9 Å². The highest BCUT2D eigenvalue weighted by molar-refractivity contribution is 5.69. The van der Waals surface area contributed by atoms with E-state index in [-0.39, 0.29) is 12.2 Å². The predicted octanol–water partition coefficient (Wildman–Crippen LogP) is 1.39. The Morgan fingerprint density at radius 3 is 2.33 bits per heavy atom. The second kappa shape index (κ2) is 4.43. The quantitative estimate of drug-likeness (QED) is 0.638. The number of furan rings is 1. The SMILES string of the molecule is C[C@@H]1CNC(=O)O1.c1ccoc1. The van der Waals surface area contributed by atoms with Crippen molar-refractivity contribution in [2.75, 3.05) is 6.54 Å². The van der Waals surface area contributed by atoms with Crippen LogP contribution in [0.2, 0.25) is 0 Å². The molecule has 4 nitrogen and oxygen atoms in total. The summed E-state index contributed by atoms with van der Waals surface area (Å²) in [6.07, 6.45) is 3.01. The predicted molar refractivity (Wildman–Crippen MR) is 42.7 cm³/mol. The van der Waals surface area contributed by atoms with E-state index in [1.54, 1.807) is 12.5 Å². The maximum atomic E-state index is 10.1. The van der Waals surface area contributed by atoms with Crippen LogP contribution >= 0.6 is 0 Å². The Hall–Kier alpha value is -1.45. The zero-order valence-electron chi connectivity index (χ0n) is 6.82. The van der Waals surface area contributed by atoms with Crippen LogP contribution in [0.4, 0.5) is 4.79 Å². The fourth-order valence-corrected chi connectivity index (χ4v) is 0.720. The molecule has 1 aliphatic rings. The molecule has 0 unspecified atom stereocenters. The van der Waals surface area contributed by atoms with Gasteiger partial charge in [0.15, 0.2) is 0 Å². The van der Waals surface area contributed by atoms with Crippen molar-refractivity contribution in [1.82, 2.24) is 5.32 Å². The Kier molecular flexibility index (Phi) is 3.19. The van der Waals surface area contributed by atoms with Gasteiger partial charge < -0.3 is 14.5 Å². The topological polar surface area (TPSA) is 51.5 Å². The normalized spacial score (nSPS) is 20.4. The summed E-state index contributed by atoms with van der Waals surface area (Å²) in [5, 5.41) is 2.51. The molecule has 66 valence electrons. The number of hydrogen-bond donors (Lipinski definition) is 1. The summed E-state index contributed by atoms with van der Waals surface area (Å²) in [6, 6.07) is 3.67. The summed E-state index contributed by atoms with van der Waals surface area (Å²) in [5.41, 5.74) is 0. The first kappa shape index (κ1) is 8.64. The minimum atomic E-state index is -0.299. The van der Waals surface area contributed by atoms with Gasteiger partial charge in [-0.15, -0.1) is 0 Å². The third-order valence-electron chi connectivity index (χ3n) is 1.27. The van der Waals surface area contributed by atoms with Crippen molar-refractivity contribution in [2.45, 2.75) is 13.0 Å². The first-order valence-electron chi connectivity index (χ1n) is 3.70. The van der Waals surface area contributed by atoms with Gasteiger partial charge in [-0.25, -0.2) is 4.79 Å². The monoisotopic (exact) mass is 169 g/mol. The number of amides is 1. The van der Waals surface area contributed by atoms with E-state index in [0.717, 1.165) is 0 Å². The van der Waals surface area contributed by atoms with Crippen molar-refractivity contribution >= 4 is 6.09 Å². The molecule has 0 radical (unpaired) electrons. The lowest BCUT2D eigenvalue weighted by Gasteiger charge is -1.92. The number of nitrogens with one attached hydrogen (secondary N) is 1. The average molecular weight is 169 g/mol. The molecule has 0 bridgehead atoms. The second-order valence-electron chi connectivity index (χ2n) is 2.39. The van der Waals surface area contributed by atoms with E-state index < -0.39 is 0 Å². The number of hydrogen-bond acceptors (Lipinski definition) is 3. The minimum absolute atomic E-state index is 0.0625. The van der Waals surface area contributed by atoms with Crippen LogP contribution in [0.3, 0.4) is 0 Å². The molecule has 12 heavy (non-hydrogen) atoms. The zero-order chi connectivity index (χ0) is 8.81. The van der Waals surface area contributed by atoms with E-state index in [9.17, 15) is 4.79 Å². The molecule has 1 N–H and O–H groups in total. The molecule has 1 aromatic rings. The lowest BCUT2D eigenvalue weighted by molar-refractivity contribution is 0.148. The Labute approximate surface area is 70.5 Å². The van der Waals surface area contributed by atoms with Crippen molar-refractivity contribution in [3.05, 3.63) is 24.7 Å². The van der Waals surface area contributed by atoms with Crippen LogP contribution in [0.25, 0.3) is 0 Å². The maximum Gasteiger partial charge on any atom is 0.407 e.